The standard InChI is InChI=1S/C4H10N2O2.2Na.2H/c1-5-2-3-6-4(7)8;;;;/h5-6H,2-3H2,1H3,(H,7,8);;;;/q;2*+1;2*-1. The SMILES string of the molecule is CNCCNC(=O)O.[H-].[H-].[Na+].[Na+]. The summed E-state index contributed by atoms with van der Waals surface area (Å²) in [6.07, 6.45) is -0.972. The fourth-order valence-electron chi connectivity index (χ4n) is 0.294. The molecule has 0 aliphatic rings. The first-order chi connectivity index (χ1) is 3.77. The number of carboxylic acid groups (broad SMARTS) is 1. The van der Waals surface area contributed by atoms with E-state index >= 15 is 0 Å². The Hall–Kier alpha value is 1.23. The van der Waals surface area contributed by atoms with Crippen LogP contribution in [0.4, 0.5) is 4.79 Å². The summed E-state index contributed by atoms with van der Waals surface area (Å²) in [5.41, 5.74) is 0. The van der Waals surface area contributed by atoms with E-state index in [4.69, 9.17) is 5.11 Å². The summed E-state index contributed by atoms with van der Waals surface area (Å²) in [5.74, 6) is 0. The van der Waals surface area contributed by atoms with Crippen LogP contribution in [0.3, 0.4) is 0 Å². The van der Waals surface area contributed by atoms with Gasteiger partial charge in [0.1, 0.15) is 0 Å². The molecule has 0 atom stereocenters. The van der Waals surface area contributed by atoms with E-state index in [1.54, 1.807) is 7.05 Å². The molecule has 4 nitrogen and oxygen atoms in total. The van der Waals surface area contributed by atoms with Crippen LogP contribution in [0, 0.1) is 0 Å². The Balaban J connectivity index is -0.0000000408. The molecule has 0 spiro atoms. The molecule has 10 heavy (non-hydrogen) atoms. The minimum Gasteiger partial charge on any atom is -1.00 e. The fourth-order valence-corrected chi connectivity index (χ4v) is 0.294. The molecule has 0 aromatic heterocycles. The predicted octanol–water partition coefficient (Wildman–Crippen LogP) is -6.29. The van der Waals surface area contributed by atoms with Crippen LogP contribution in [0.15, 0.2) is 0 Å². The first kappa shape index (κ1) is 17.4. The minimum absolute atomic E-state index is 0. The smallest absolute Gasteiger partial charge is 1.00 e. The van der Waals surface area contributed by atoms with Gasteiger partial charge in [-0.15, -0.1) is 0 Å². The van der Waals surface area contributed by atoms with Crippen LogP contribution in [0.25, 0.3) is 0 Å². The van der Waals surface area contributed by atoms with Crippen LogP contribution in [-0.4, -0.2) is 31.3 Å². The van der Waals surface area contributed by atoms with Gasteiger partial charge in [0.2, 0.25) is 0 Å². The summed E-state index contributed by atoms with van der Waals surface area (Å²) >= 11 is 0. The Morgan fingerprint density at radius 1 is 1.50 bits per heavy atom. The minimum atomic E-state index is -0.972. The Morgan fingerprint density at radius 3 is 2.30 bits per heavy atom. The van der Waals surface area contributed by atoms with Crippen molar-refractivity contribution < 1.29 is 71.9 Å². The van der Waals surface area contributed by atoms with Crippen molar-refractivity contribution in [1.29, 1.82) is 0 Å². The first-order valence-electron chi connectivity index (χ1n) is 2.38. The second kappa shape index (κ2) is 12.9. The van der Waals surface area contributed by atoms with Crippen LogP contribution < -0.4 is 69.7 Å². The summed E-state index contributed by atoms with van der Waals surface area (Å²) < 4.78 is 0. The van der Waals surface area contributed by atoms with Crippen LogP contribution in [0.2, 0.25) is 0 Å². The number of carbonyl (C=O) groups is 1. The van der Waals surface area contributed by atoms with E-state index < -0.39 is 6.09 Å². The van der Waals surface area contributed by atoms with Crippen molar-refractivity contribution in [1.82, 2.24) is 10.6 Å². The van der Waals surface area contributed by atoms with Crippen molar-refractivity contribution >= 4 is 6.09 Å². The number of rotatable bonds is 3. The monoisotopic (exact) mass is 166 g/mol. The first-order valence-corrected chi connectivity index (χ1v) is 2.38. The molecule has 0 aromatic rings. The topological polar surface area (TPSA) is 61.4 Å². The van der Waals surface area contributed by atoms with Gasteiger partial charge in [-0.25, -0.2) is 4.79 Å². The van der Waals surface area contributed by atoms with Crippen LogP contribution in [-0.2, 0) is 0 Å². The van der Waals surface area contributed by atoms with Crippen molar-refractivity contribution in [3.8, 4) is 0 Å². The maximum atomic E-state index is 9.74. The largest absolute Gasteiger partial charge is 1.00 e. The van der Waals surface area contributed by atoms with Crippen LogP contribution >= 0.6 is 0 Å². The maximum Gasteiger partial charge on any atom is 1.00 e. The Labute approximate surface area is 108 Å². The van der Waals surface area contributed by atoms with Crippen molar-refractivity contribution in [2.75, 3.05) is 20.1 Å². The molecule has 0 aliphatic heterocycles. The van der Waals surface area contributed by atoms with E-state index in [2.05, 4.69) is 10.6 Å². The van der Waals surface area contributed by atoms with E-state index in [0.29, 0.717) is 13.1 Å². The van der Waals surface area contributed by atoms with Crippen molar-refractivity contribution in [3.63, 3.8) is 0 Å². The Kier molecular flexibility index (Phi) is 22.3. The molecule has 0 radical (unpaired) electrons. The van der Waals surface area contributed by atoms with E-state index in [1.807, 2.05) is 0 Å². The summed E-state index contributed by atoms with van der Waals surface area (Å²) in [5, 5.41) is 13.0. The van der Waals surface area contributed by atoms with Gasteiger partial charge < -0.3 is 18.6 Å². The molecular weight excluding hydrogens is 154 g/mol. The second-order valence-electron chi connectivity index (χ2n) is 1.34. The van der Waals surface area contributed by atoms with Gasteiger partial charge in [0.15, 0.2) is 0 Å². The van der Waals surface area contributed by atoms with Crippen molar-refractivity contribution in [2.45, 2.75) is 0 Å². The molecule has 6 heteroatoms. The molecule has 52 valence electrons. The number of nitrogens with one attached hydrogen (secondary N) is 2. The van der Waals surface area contributed by atoms with Gasteiger partial charge >= 0.3 is 65.2 Å². The summed E-state index contributed by atoms with van der Waals surface area (Å²) in [7, 11) is 1.77. The van der Waals surface area contributed by atoms with E-state index in [0.717, 1.165) is 0 Å². The molecular formula is C4H12N2Na2O2. The average Bonchev–Trinajstić information content (AvgIpc) is 1.66. The summed E-state index contributed by atoms with van der Waals surface area (Å²) in [6, 6.07) is 0. The molecule has 0 aromatic carbocycles. The van der Waals surface area contributed by atoms with Gasteiger partial charge in [-0.3, -0.25) is 0 Å². The average molecular weight is 166 g/mol. The molecule has 0 aliphatic carbocycles. The third-order valence-corrected chi connectivity index (χ3v) is 0.651. The molecule has 3 N–H and O–H groups in total. The molecule has 1 amide bonds. The third-order valence-electron chi connectivity index (χ3n) is 0.651. The van der Waals surface area contributed by atoms with E-state index in [-0.39, 0.29) is 62.0 Å². The zero-order valence-corrected chi connectivity index (χ0v) is 10.8. The number of amides is 1. The zero-order valence-electron chi connectivity index (χ0n) is 8.77. The Bertz CT molecular complexity index is 89.5. The molecule has 0 fully saturated rings. The zero-order chi connectivity index (χ0) is 6.41. The molecule has 0 saturated heterocycles. The summed E-state index contributed by atoms with van der Waals surface area (Å²) in [4.78, 5) is 9.74. The molecule has 0 heterocycles. The van der Waals surface area contributed by atoms with E-state index in [1.165, 1.54) is 0 Å². The Morgan fingerprint density at radius 2 is 2.00 bits per heavy atom. The van der Waals surface area contributed by atoms with Gasteiger partial charge in [0.05, 0.1) is 0 Å². The number of hydrogen-bond donors (Lipinski definition) is 3. The molecule has 0 unspecified atom stereocenters. The second-order valence-corrected chi connectivity index (χ2v) is 1.34. The van der Waals surface area contributed by atoms with Crippen LogP contribution in [0.1, 0.15) is 2.85 Å². The third kappa shape index (κ3) is 16.1. The van der Waals surface area contributed by atoms with Crippen molar-refractivity contribution in [2.24, 2.45) is 0 Å². The molecule has 0 rings (SSSR count). The van der Waals surface area contributed by atoms with Gasteiger partial charge in [0, 0.05) is 13.1 Å². The van der Waals surface area contributed by atoms with Crippen LogP contribution in [0.5, 0.6) is 0 Å². The molecule has 0 bridgehead atoms. The van der Waals surface area contributed by atoms with E-state index in [9.17, 15) is 4.79 Å². The predicted molar refractivity (Wildman–Crippen MR) is 32.2 cm³/mol. The van der Waals surface area contributed by atoms with Gasteiger partial charge in [-0.2, -0.15) is 0 Å². The maximum absolute atomic E-state index is 9.74. The van der Waals surface area contributed by atoms with Gasteiger partial charge in [-0.05, 0) is 7.05 Å². The normalized spacial score (nSPS) is 6.90. The quantitative estimate of drug-likeness (QED) is 0.289. The number of likely N-dealkylation sites (N-methyl/N-ethyl adjacent to an activating group) is 1. The van der Waals surface area contributed by atoms with Gasteiger partial charge in [-0.1, -0.05) is 0 Å². The number of hydrogen-bond acceptors (Lipinski definition) is 2. The summed E-state index contributed by atoms with van der Waals surface area (Å²) in [6.45, 7) is 1.14. The molecule has 0 saturated carbocycles. The fraction of sp³-hybridized carbons (Fsp3) is 0.750. The van der Waals surface area contributed by atoms with Crippen molar-refractivity contribution in [3.05, 3.63) is 0 Å². The van der Waals surface area contributed by atoms with Gasteiger partial charge in [0.25, 0.3) is 0 Å².